The predicted molar refractivity (Wildman–Crippen MR) is 258 cm³/mol. The summed E-state index contributed by atoms with van der Waals surface area (Å²) >= 11 is 0. The van der Waals surface area contributed by atoms with E-state index in [1.54, 1.807) is 6.92 Å². The number of esters is 2. The van der Waals surface area contributed by atoms with E-state index in [2.05, 4.69) is 6.92 Å². The molecular weight excluding hydrogens is 852 g/mol. The number of hydrogen-bond donors (Lipinski definition) is 6. The topological polar surface area (TPSA) is 210 Å². The van der Waals surface area contributed by atoms with Gasteiger partial charge in [0.2, 0.25) is 0 Å². The van der Waals surface area contributed by atoms with Crippen LogP contribution in [0.5, 0.6) is 0 Å². The monoisotopic (exact) mass is 951 g/mol. The van der Waals surface area contributed by atoms with Crippen LogP contribution in [0.4, 0.5) is 0 Å². The third-order valence-corrected chi connectivity index (χ3v) is 13.9. The summed E-state index contributed by atoms with van der Waals surface area (Å²) in [6.45, 7) is 2.88. The zero-order valence-electron chi connectivity index (χ0n) is 41.3. The molecule has 0 amide bonds. The molecule has 0 aromatic rings. The van der Waals surface area contributed by atoms with Gasteiger partial charge in [-0.3, -0.25) is 18.6 Å². The summed E-state index contributed by atoms with van der Waals surface area (Å²) in [6, 6.07) is 0. The molecule has 0 aromatic carbocycles. The highest BCUT2D eigenvalue weighted by Gasteiger charge is 2.51. The molecule has 0 aromatic heterocycles. The van der Waals surface area contributed by atoms with E-state index in [1.807, 2.05) is 0 Å². The van der Waals surface area contributed by atoms with Crippen molar-refractivity contribution in [2.75, 3.05) is 13.2 Å². The van der Waals surface area contributed by atoms with Crippen molar-refractivity contribution in [3.8, 4) is 0 Å². The fourth-order valence-corrected chi connectivity index (χ4v) is 9.65. The summed E-state index contributed by atoms with van der Waals surface area (Å²) in [5, 5.41) is 49.7. The first-order valence-corrected chi connectivity index (χ1v) is 28.3. The van der Waals surface area contributed by atoms with Crippen LogP contribution in [-0.2, 0) is 32.7 Å². The Balaban J connectivity index is 1.94. The fraction of sp³-hybridized carbons (Fsp3) is 0.961. The van der Waals surface area contributed by atoms with Crippen LogP contribution in [0.2, 0.25) is 0 Å². The maximum absolute atomic E-state index is 12.6. The molecule has 0 radical (unpaired) electrons. The molecule has 1 saturated carbocycles. The van der Waals surface area contributed by atoms with Crippen LogP contribution in [0.1, 0.15) is 258 Å². The van der Waals surface area contributed by atoms with Crippen molar-refractivity contribution in [1.29, 1.82) is 0 Å². The van der Waals surface area contributed by atoms with E-state index in [0.29, 0.717) is 12.8 Å². The van der Waals surface area contributed by atoms with Crippen molar-refractivity contribution in [3.63, 3.8) is 0 Å². The van der Waals surface area contributed by atoms with E-state index < -0.39 is 75.7 Å². The second kappa shape index (κ2) is 41.8. The first-order chi connectivity index (χ1) is 31.4. The molecule has 6 unspecified atom stereocenters. The average molecular weight is 951 g/mol. The Kier molecular flexibility index (Phi) is 39.8. The summed E-state index contributed by atoms with van der Waals surface area (Å²) in [7, 11) is -5.08. The molecule has 65 heavy (non-hydrogen) atoms. The molecule has 0 heterocycles. The number of phosphoric acid groups is 1. The molecule has 14 heteroatoms. The summed E-state index contributed by atoms with van der Waals surface area (Å²) < 4.78 is 32.8. The lowest BCUT2D eigenvalue weighted by molar-refractivity contribution is -0.220. The molecule has 8 atom stereocenters. The molecular formula is C51H99O13P. The number of unbranched alkanes of at least 4 members (excludes halogenated alkanes) is 34. The van der Waals surface area contributed by atoms with Crippen LogP contribution >= 0.6 is 7.82 Å². The van der Waals surface area contributed by atoms with Crippen LogP contribution < -0.4 is 0 Å². The molecule has 13 nitrogen and oxygen atoms in total. The summed E-state index contributed by atoms with van der Waals surface area (Å²) in [5.41, 5.74) is 0. The molecule has 386 valence electrons. The number of hydrogen-bond acceptors (Lipinski definition) is 12. The maximum Gasteiger partial charge on any atom is 0.472 e. The number of carbonyl (C=O) groups is 2. The van der Waals surface area contributed by atoms with Crippen LogP contribution in [0, 0.1) is 0 Å². The third kappa shape index (κ3) is 33.9. The minimum Gasteiger partial charge on any atom is -0.462 e. The normalized spacial score (nSPS) is 21.3. The van der Waals surface area contributed by atoms with Crippen molar-refractivity contribution in [1.82, 2.24) is 0 Å². The van der Waals surface area contributed by atoms with Crippen molar-refractivity contribution in [3.05, 3.63) is 0 Å². The van der Waals surface area contributed by atoms with Gasteiger partial charge in [-0.05, 0) is 12.8 Å². The number of carbonyl (C=O) groups excluding carboxylic acids is 2. The summed E-state index contributed by atoms with van der Waals surface area (Å²) in [4.78, 5) is 34.7. The van der Waals surface area contributed by atoms with Crippen LogP contribution in [-0.4, -0.2) is 98.3 Å². The van der Waals surface area contributed by atoms with Crippen molar-refractivity contribution in [2.24, 2.45) is 0 Å². The Labute approximate surface area is 395 Å². The van der Waals surface area contributed by atoms with Crippen molar-refractivity contribution < 1.29 is 63.1 Å². The minimum atomic E-state index is -5.08. The summed E-state index contributed by atoms with van der Waals surface area (Å²) in [6.07, 6.45) is 34.6. The number of ether oxygens (including phenoxy) is 2. The van der Waals surface area contributed by atoms with Crippen molar-refractivity contribution >= 4 is 19.8 Å². The van der Waals surface area contributed by atoms with E-state index in [1.165, 1.54) is 199 Å². The van der Waals surface area contributed by atoms with E-state index in [4.69, 9.17) is 18.5 Å². The van der Waals surface area contributed by atoms with Gasteiger partial charge in [-0.15, -0.1) is 0 Å². The molecule has 1 aliphatic rings. The molecule has 0 bridgehead atoms. The Morgan fingerprint density at radius 1 is 0.415 bits per heavy atom. The third-order valence-electron chi connectivity index (χ3n) is 12.9. The Morgan fingerprint density at radius 2 is 0.723 bits per heavy atom. The molecule has 0 aliphatic heterocycles. The van der Waals surface area contributed by atoms with Gasteiger partial charge in [-0.25, -0.2) is 4.57 Å². The predicted octanol–water partition coefficient (Wildman–Crippen LogP) is 11.6. The number of aliphatic hydroxyl groups is 5. The van der Waals surface area contributed by atoms with Gasteiger partial charge in [-0.1, -0.05) is 232 Å². The van der Waals surface area contributed by atoms with Crippen LogP contribution in [0.25, 0.3) is 0 Å². The molecule has 0 saturated heterocycles. The van der Waals surface area contributed by atoms with Gasteiger partial charge < -0.3 is 39.9 Å². The van der Waals surface area contributed by atoms with E-state index in [9.17, 15) is 44.6 Å². The first kappa shape index (κ1) is 61.9. The molecule has 1 aliphatic carbocycles. The van der Waals surface area contributed by atoms with Gasteiger partial charge in [0.05, 0.1) is 6.61 Å². The summed E-state index contributed by atoms with van der Waals surface area (Å²) in [5.74, 6) is -1.15. The fourth-order valence-electron chi connectivity index (χ4n) is 8.68. The van der Waals surface area contributed by atoms with Gasteiger partial charge >= 0.3 is 19.8 Å². The maximum atomic E-state index is 12.6. The Hall–Kier alpha value is -1.15. The Bertz CT molecular complexity index is 1150. The highest BCUT2D eigenvalue weighted by molar-refractivity contribution is 7.47. The first-order valence-electron chi connectivity index (χ1n) is 26.8. The second-order valence-corrected chi connectivity index (χ2v) is 20.5. The number of aliphatic hydroxyl groups excluding tert-OH is 5. The Morgan fingerprint density at radius 3 is 1.05 bits per heavy atom. The van der Waals surface area contributed by atoms with E-state index in [0.717, 1.165) is 19.3 Å². The second-order valence-electron chi connectivity index (χ2n) is 19.1. The SMILES string of the molecule is CCCCCCCCCCCCCCCCCCCCCCCCCCCCCCCCCCCCCC(=O)OC[C@H](COP(=O)(O)OC1C(O)C(O)C(O)[C@@H](O)C1O)OC(=O)CCC. The smallest absolute Gasteiger partial charge is 0.462 e. The zero-order valence-corrected chi connectivity index (χ0v) is 42.2. The lowest BCUT2D eigenvalue weighted by atomic mass is 9.85. The van der Waals surface area contributed by atoms with Gasteiger partial charge in [0.1, 0.15) is 43.2 Å². The number of rotatable bonds is 46. The van der Waals surface area contributed by atoms with Crippen LogP contribution in [0.15, 0.2) is 0 Å². The highest BCUT2D eigenvalue weighted by atomic mass is 31.2. The molecule has 1 fully saturated rings. The van der Waals surface area contributed by atoms with Gasteiger partial charge in [0.25, 0.3) is 0 Å². The zero-order chi connectivity index (χ0) is 47.8. The standard InChI is InChI=1S/C51H99O13P/c1-3-5-6-7-8-9-10-11-12-13-14-15-16-17-18-19-20-21-22-23-24-25-26-27-28-29-30-31-32-33-34-35-36-37-38-40-44(52)61-41-43(63-45(53)39-4-2)42-62-65(59,60)64-51-49(57)47(55)46(54)48(56)50(51)58/h43,46-51,54-58H,3-42H2,1-2H3,(H,59,60)/t43-,46?,47-,48?,49?,50?,51?/m1/s1. The quantitative estimate of drug-likeness (QED) is 0.0191. The van der Waals surface area contributed by atoms with Gasteiger partial charge in [0.15, 0.2) is 6.10 Å². The van der Waals surface area contributed by atoms with E-state index >= 15 is 0 Å². The molecule has 1 rings (SSSR count). The van der Waals surface area contributed by atoms with Crippen LogP contribution in [0.3, 0.4) is 0 Å². The lowest BCUT2D eigenvalue weighted by Gasteiger charge is -2.41. The molecule has 6 N–H and O–H groups in total. The molecule has 0 spiro atoms. The lowest BCUT2D eigenvalue weighted by Crippen LogP contribution is -2.64. The van der Waals surface area contributed by atoms with Gasteiger partial charge in [-0.2, -0.15) is 0 Å². The van der Waals surface area contributed by atoms with Crippen molar-refractivity contribution in [2.45, 2.75) is 301 Å². The highest BCUT2D eigenvalue weighted by Crippen LogP contribution is 2.47. The largest absolute Gasteiger partial charge is 0.472 e. The minimum absolute atomic E-state index is 0.0516. The van der Waals surface area contributed by atoms with Gasteiger partial charge in [0, 0.05) is 12.8 Å². The average Bonchev–Trinajstić information content (AvgIpc) is 3.28. The number of phosphoric ester groups is 1. The van der Waals surface area contributed by atoms with E-state index in [-0.39, 0.29) is 12.8 Å².